The maximum atomic E-state index is 14.3. The standard InChI is InChI=1S/C63H88N10O16/c1-82-28-29-84-32-33-86-36-37-88-40-41-89-39-38-87-35-34-85-31-30-83-27-21-58(75)66-22-6-4-12-55(70-59(76)44-68-57(74)18-19-60(77)78)61(79)67-23-5-2-3-7-26-73-62(80)53(51-10-8-13-54-52(51)11-9-24-65-54)42-56(71-73)47-14-16-50(17-15-47)69-63(81)72-45-48-20-25-64-43-49(48)46-72/h8-11,13-17,20,24-25,43,53,55H,2-7,12,18-19,21-23,26-42,44-46H2,1H3,(H,66,75)(H,67,79)(H,68,74)(H,69,81)(H,70,76)(H,77,78)/t53?,55-/m0/s1. The minimum Gasteiger partial charge on any atom is -0.481 e. The lowest BCUT2D eigenvalue weighted by Crippen LogP contribution is -2.49. The highest BCUT2D eigenvalue weighted by Gasteiger charge is 2.34. The Morgan fingerprint density at radius 2 is 1.24 bits per heavy atom. The molecule has 4 aromatic rings. The molecule has 0 bridgehead atoms. The molecule has 2 aliphatic heterocycles. The third-order valence-corrected chi connectivity index (χ3v) is 14.4. The van der Waals surface area contributed by atoms with Gasteiger partial charge in [-0.2, -0.15) is 5.10 Å². The zero-order chi connectivity index (χ0) is 63.1. The highest BCUT2D eigenvalue weighted by molar-refractivity contribution is 6.07. The van der Waals surface area contributed by atoms with E-state index in [1.807, 2.05) is 60.7 Å². The van der Waals surface area contributed by atoms with E-state index in [1.165, 1.54) is 0 Å². The van der Waals surface area contributed by atoms with E-state index in [9.17, 15) is 33.6 Å². The summed E-state index contributed by atoms with van der Waals surface area (Å²) in [5.74, 6) is -3.61. The van der Waals surface area contributed by atoms with Gasteiger partial charge < -0.3 is 74.5 Å². The number of pyridine rings is 2. The number of aliphatic carboxylic acids is 1. The van der Waals surface area contributed by atoms with Gasteiger partial charge in [0.25, 0.3) is 5.91 Å². The Kier molecular flexibility index (Phi) is 33.0. The van der Waals surface area contributed by atoms with Crippen molar-refractivity contribution >= 4 is 63.8 Å². The van der Waals surface area contributed by atoms with Crippen LogP contribution < -0.4 is 26.6 Å². The first-order chi connectivity index (χ1) is 43.5. The summed E-state index contributed by atoms with van der Waals surface area (Å²) in [7, 11) is 1.63. The lowest BCUT2D eigenvalue weighted by molar-refractivity contribution is -0.139. The van der Waals surface area contributed by atoms with Gasteiger partial charge in [0.1, 0.15) is 6.04 Å². The number of carboxylic acid groups (broad SMARTS) is 1. The number of ether oxygens (including phenoxy) is 8. The second kappa shape index (κ2) is 41.6. The van der Waals surface area contributed by atoms with Crippen LogP contribution in [-0.2, 0) is 79.8 Å². The SMILES string of the molecule is COCCOCCOCCOCCOCCOCCOCCOCCC(=O)NCCCC[C@H](NC(=O)CNC(=O)CCC(=O)O)C(=O)NCCCCCCN1N=C(c2ccc(NC(=O)N3Cc4ccncc4C3)cc2)CC(c2cccc3ncccc23)C1=O. The molecule has 0 saturated carbocycles. The number of carbonyl (C=O) groups is 7. The molecule has 26 heteroatoms. The van der Waals surface area contributed by atoms with E-state index in [-0.39, 0.29) is 50.1 Å². The number of nitrogens with zero attached hydrogens (tertiary/aromatic N) is 5. The molecule has 0 fully saturated rings. The molecule has 2 atom stereocenters. The van der Waals surface area contributed by atoms with Crippen molar-refractivity contribution in [3.05, 3.63) is 102 Å². The second-order valence-electron chi connectivity index (χ2n) is 21.1. The molecule has 6 rings (SSSR count). The van der Waals surface area contributed by atoms with Gasteiger partial charge in [-0.05, 0) is 84.7 Å². The van der Waals surface area contributed by atoms with Crippen molar-refractivity contribution in [3.63, 3.8) is 0 Å². The van der Waals surface area contributed by atoms with Crippen molar-refractivity contribution in [3.8, 4) is 0 Å². The quantitative estimate of drug-likeness (QED) is 0.0332. The van der Waals surface area contributed by atoms with E-state index in [4.69, 9.17) is 48.1 Å². The molecule has 0 saturated heterocycles. The van der Waals surface area contributed by atoms with Crippen molar-refractivity contribution in [1.82, 2.24) is 41.1 Å². The van der Waals surface area contributed by atoms with Crippen LogP contribution in [0.15, 0.2) is 84.4 Å². The van der Waals surface area contributed by atoms with Gasteiger partial charge in [0.15, 0.2) is 0 Å². The number of benzene rings is 2. The highest BCUT2D eigenvalue weighted by Crippen LogP contribution is 2.34. The number of hydrogen-bond donors (Lipinski definition) is 6. The van der Waals surface area contributed by atoms with Crippen molar-refractivity contribution < 1.29 is 76.6 Å². The number of nitrogens with one attached hydrogen (secondary N) is 5. The van der Waals surface area contributed by atoms with Crippen molar-refractivity contribution in [2.75, 3.05) is 138 Å². The average Bonchev–Trinajstić information content (AvgIpc) is 1.67. The summed E-state index contributed by atoms with van der Waals surface area (Å²) in [4.78, 5) is 99.9. The van der Waals surface area contributed by atoms with Crippen LogP contribution >= 0.6 is 0 Å². The molecule has 7 amide bonds. The van der Waals surface area contributed by atoms with Crippen molar-refractivity contribution in [1.29, 1.82) is 0 Å². The third-order valence-electron chi connectivity index (χ3n) is 14.4. The van der Waals surface area contributed by atoms with E-state index in [0.29, 0.717) is 163 Å². The molecule has 26 nitrogen and oxygen atoms in total. The van der Waals surface area contributed by atoms with Gasteiger partial charge in [-0.1, -0.05) is 43.2 Å². The molecule has 89 heavy (non-hydrogen) atoms. The number of urea groups is 1. The molecule has 0 radical (unpaired) electrons. The lowest BCUT2D eigenvalue weighted by Gasteiger charge is -2.30. The minimum atomic E-state index is -1.14. The van der Waals surface area contributed by atoms with Crippen LogP contribution in [0.25, 0.3) is 10.9 Å². The summed E-state index contributed by atoms with van der Waals surface area (Å²) in [5.41, 5.74) is 5.94. The fourth-order valence-electron chi connectivity index (χ4n) is 9.61. The normalized spacial score (nSPS) is 14.1. The Balaban J connectivity index is 0.860. The topological polar surface area (TPSA) is 318 Å². The van der Waals surface area contributed by atoms with Crippen molar-refractivity contribution in [2.24, 2.45) is 5.10 Å². The Morgan fingerprint density at radius 1 is 0.618 bits per heavy atom. The highest BCUT2D eigenvalue weighted by atomic mass is 16.6. The number of carboxylic acids is 1. The maximum absolute atomic E-state index is 14.3. The van der Waals surface area contributed by atoms with Crippen molar-refractivity contribution in [2.45, 2.75) is 95.7 Å². The van der Waals surface area contributed by atoms with Crippen LogP contribution in [0.1, 0.15) is 98.8 Å². The zero-order valence-corrected chi connectivity index (χ0v) is 51.1. The van der Waals surface area contributed by atoms with Gasteiger partial charge in [0, 0.05) is 88.8 Å². The number of unbranched alkanes of at least 4 members (excludes halogenated alkanes) is 4. The summed E-state index contributed by atoms with van der Waals surface area (Å²) in [6.07, 6.45) is 9.01. The third kappa shape index (κ3) is 27.0. The van der Waals surface area contributed by atoms with Crippen LogP contribution in [-0.4, -0.2) is 211 Å². The fraction of sp³-hybridized carbons (Fsp3) is 0.556. The Morgan fingerprint density at radius 3 is 1.90 bits per heavy atom. The van der Waals surface area contributed by atoms with Crippen LogP contribution in [0.5, 0.6) is 0 Å². The number of amides is 7. The van der Waals surface area contributed by atoms with Crippen LogP contribution in [0.4, 0.5) is 10.5 Å². The number of aromatic nitrogens is 2. The van der Waals surface area contributed by atoms with Gasteiger partial charge in [0.05, 0.1) is 129 Å². The predicted molar refractivity (Wildman–Crippen MR) is 329 cm³/mol. The van der Waals surface area contributed by atoms with E-state index in [1.54, 1.807) is 35.6 Å². The number of rotatable bonds is 46. The molecular formula is C63H88N10O16. The second-order valence-corrected chi connectivity index (χ2v) is 21.1. The number of hydrazone groups is 1. The molecule has 6 N–H and O–H groups in total. The first-order valence-electron chi connectivity index (χ1n) is 30.6. The Labute approximate surface area is 519 Å². The largest absolute Gasteiger partial charge is 0.481 e. The Bertz CT molecular complexity index is 2820. The summed E-state index contributed by atoms with van der Waals surface area (Å²) in [6, 6.07) is 17.9. The van der Waals surface area contributed by atoms with Gasteiger partial charge >= 0.3 is 12.0 Å². The minimum absolute atomic E-state index is 0.118. The molecule has 4 heterocycles. The molecule has 486 valence electrons. The molecule has 2 aliphatic rings. The summed E-state index contributed by atoms with van der Waals surface area (Å²) < 4.78 is 43.2. The number of anilines is 1. The van der Waals surface area contributed by atoms with Gasteiger partial charge in [-0.3, -0.25) is 38.7 Å². The molecule has 0 aliphatic carbocycles. The number of carbonyl (C=O) groups excluding carboxylic acids is 6. The molecule has 2 aromatic heterocycles. The zero-order valence-electron chi connectivity index (χ0n) is 51.1. The number of methoxy groups -OCH3 is 1. The van der Waals surface area contributed by atoms with E-state index in [2.05, 4.69) is 36.6 Å². The van der Waals surface area contributed by atoms with Crippen LogP contribution in [0, 0.1) is 0 Å². The summed E-state index contributed by atoms with van der Waals surface area (Å²) in [5, 5.41) is 30.1. The first kappa shape index (κ1) is 70.5. The monoisotopic (exact) mass is 1240 g/mol. The van der Waals surface area contributed by atoms with Gasteiger partial charge in [0.2, 0.25) is 23.6 Å². The van der Waals surface area contributed by atoms with Crippen LogP contribution in [0.3, 0.4) is 0 Å². The predicted octanol–water partition coefficient (Wildman–Crippen LogP) is 4.48. The molecule has 1 unspecified atom stereocenters. The summed E-state index contributed by atoms with van der Waals surface area (Å²) in [6.45, 7) is 8.08. The summed E-state index contributed by atoms with van der Waals surface area (Å²) >= 11 is 0. The van der Waals surface area contributed by atoms with E-state index >= 15 is 0 Å². The number of hydrogen-bond acceptors (Lipinski definition) is 18. The first-order valence-corrected chi connectivity index (χ1v) is 30.6. The molecule has 2 aromatic carbocycles. The maximum Gasteiger partial charge on any atom is 0.322 e. The van der Waals surface area contributed by atoms with E-state index in [0.717, 1.165) is 51.7 Å². The Hall–Kier alpha value is -7.56. The van der Waals surface area contributed by atoms with Crippen LogP contribution in [0.2, 0.25) is 0 Å². The number of fused-ring (bicyclic) bond motifs is 2. The van der Waals surface area contributed by atoms with Gasteiger partial charge in [-0.15, -0.1) is 0 Å². The fourth-order valence-corrected chi connectivity index (χ4v) is 9.61. The molecule has 0 spiro atoms. The van der Waals surface area contributed by atoms with E-state index < -0.39 is 42.2 Å². The smallest absolute Gasteiger partial charge is 0.322 e. The lowest BCUT2D eigenvalue weighted by atomic mass is 9.86. The van der Waals surface area contributed by atoms with Gasteiger partial charge in [-0.25, -0.2) is 9.80 Å². The molecular weight excluding hydrogens is 1150 g/mol. The average molecular weight is 1240 g/mol.